The van der Waals surface area contributed by atoms with E-state index in [2.05, 4.69) is 0 Å². The Morgan fingerprint density at radius 2 is 1.78 bits per heavy atom. The molecule has 0 aliphatic rings. The van der Waals surface area contributed by atoms with Gasteiger partial charge < -0.3 is 5.11 Å². The lowest BCUT2D eigenvalue weighted by atomic mass is 9.85. The van der Waals surface area contributed by atoms with E-state index in [1.54, 1.807) is 0 Å². The second kappa shape index (κ2) is 4.59. The van der Waals surface area contributed by atoms with Gasteiger partial charge in [-0.25, -0.2) is 4.39 Å². The number of carboxylic acids is 1. The highest BCUT2D eigenvalue weighted by molar-refractivity contribution is 5.77. The van der Waals surface area contributed by atoms with E-state index in [1.165, 1.54) is 6.07 Å². The van der Waals surface area contributed by atoms with Crippen molar-refractivity contribution in [2.75, 3.05) is 0 Å². The molecule has 0 aromatic heterocycles. The maximum absolute atomic E-state index is 13.8. The first kappa shape index (κ1) is 14.5. The van der Waals surface area contributed by atoms with Crippen molar-refractivity contribution in [2.45, 2.75) is 31.6 Å². The molecule has 0 aliphatic carbocycles. The Kier molecular flexibility index (Phi) is 3.69. The highest BCUT2D eigenvalue weighted by Gasteiger charge is 2.38. The van der Waals surface area contributed by atoms with E-state index in [0.717, 1.165) is 26.0 Å². The van der Waals surface area contributed by atoms with Gasteiger partial charge in [0.25, 0.3) is 0 Å². The fraction of sp³-hybridized carbons (Fsp3) is 0.417. The van der Waals surface area contributed by atoms with Crippen LogP contribution in [0.15, 0.2) is 24.3 Å². The normalized spacial score (nSPS) is 14.3. The van der Waals surface area contributed by atoms with E-state index in [-0.39, 0.29) is 5.56 Å². The maximum Gasteiger partial charge on any atom is 0.416 e. The highest BCUT2D eigenvalue weighted by atomic mass is 19.4. The third-order valence-electron chi connectivity index (χ3n) is 2.48. The summed E-state index contributed by atoms with van der Waals surface area (Å²) in [6.45, 7) is 2.04. The molecule has 18 heavy (non-hydrogen) atoms. The van der Waals surface area contributed by atoms with Crippen molar-refractivity contribution in [3.05, 3.63) is 35.4 Å². The Bertz CT molecular complexity index is 446. The standard InChI is InChI=1S/C12H12F4O2/c1-11(2,13)9(10(17)18)7-4-3-5-8(6-7)12(14,15)16/h3-6,9H,1-2H3,(H,17,18). The number of alkyl halides is 4. The average molecular weight is 264 g/mol. The summed E-state index contributed by atoms with van der Waals surface area (Å²) in [6.07, 6.45) is -4.58. The van der Waals surface area contributed by atoms with Crippen molar-refractivity contribution >= 4 is 5.97 Å². The molecule has 1 aromatic rings. The van der Waals surface area contributed by atoms with Gasteiger partial charge in [0.1, 0.15) is 11.6 Å². The van der Waals surface area contributed by atoms with Crippen molar-refractivity contribution in [2.24, 2.45) is 0 Å². The monoisotopic (exact) mass is 264 g/mol. The average Bonchev–Trinajstić information content (AvgIpc) is 2.13. The summed E-state index contributed by atoms with van der Waals surface area (Å²) in [4.78, 5) is 11.0. The SMILES string of the molecule is CC(C)(F)C(C(=O)O)c1cccc(C(F)(F)F)c1. The molecular weight excluding hydrogens is 252 g/mol. The number of halogens is 4. The Labute approximate surface area is 101 Å². The van der Waals surface area contributed by atoms with Crippen LogP contribution in [0.2, 0.25) is 0 Å². The smallest absolute Gasteiger partial charge is 0.416 e. The van der Waals surface area contributed by atoms with Crippen LogP contribution in [0.3, 0.4) is 0 Å². The molecular formula is C12H12F4O2. The zero-order chi connectivity index (χ0) is 14.1. The molecule has 0 spiro atoms. The quantitative estimate of drug-likeness (QED) is 0.846. The van der Waals surface area contributed by atoms with Crippen molar-refractivity contribution in [3.8, 4) is 0 Å². The van der Waals surface area contributed by atoms with Crippen LogP contribution in [-0.4, -0.2) is 16.7 Å². The largest absolute Gasteiger partial charge is 0.481 e. The lowest BCUT2D eigenvalue weighted by Gasteiger charge is -2.24. The lowest BCUT2D eigenvalue weighted by molar-refractivity contribution is -0.143. The first-order chi connectivity index (χ1) is 8.03. The molecule has 0 fully saturated rings. The van der Waals surface area contributed by atoms with Crippen LogP contribution in [0.1, 0.15) is 30.9 Å². The zero-order valence-electron chi connectivity index (χ0n) is 9.75. The van der Waals surface area contributed by atoms with E-state index in [1.807, 2.05) is 0 Å². The Morgan fingerprint density at radius 1 is 1.22 bits per heavy atom. The first-order valence-electron chi connectivity index (χ1n) is 5.12. The Hall–Kier alpha value is -1.59. The van der Waals surface area contributed by atoms with Crippen molar-refractivity contribution < 1.29 is 27.5 Å². The summed E-state index contributed by atoms with van der Waals surface area (Å²) >= 11 is 0. The van der Waals surface area contributed by atoms with E-state index in [0.29, 0.717) is 6.07 Å². The minimum Gasteiger partial charge on any atom is -0.481 e. The first-order valence-corrected chi connectivity index (χ1v) is 5.12. The minimum absolute atomic E-state index is 0.204. The second-order valence-electron chi connectivity index (χ2n) is 4.46. The van der Waals surface area contributed by atoms with Gasteiger partial charge in [0.2, 0.25) is 0 Å². The van der Waals surface area contributed by atoms with Crippen molar-refractivity contribution in [1.82, 2.24) is 0 Å². The van der Waals surface area contributed by atoms with Crippen LogP contribution in [0.5, 0.6) is 0 Å². The maximum atomic E-state index is 13.8. The van der Waals surface area contributed by atoms with Gasteiger partial charge in [0.15, 0.2) is 0 Å². The van der Waals surface area contributed by atoms with Crippen LogP contribution in [0, 0.1) is 0 Å². The number of carbonyl (C=O) groups is 1. The molecule has 0 radical (unpaired) electrons. The zero-order valence-corrected chi connectivity index (χ0v) is 9.75. The predicted molar refractivity (Wildman–Crippen MR) is 57.0 cm³/mol. The van der Waals surface area contributed by atoms with Gasteiger partial charge in [-0.1, -0.05) is 18.2 Å². The topological polar surface area (TPSA) is 37.3 Å². The van der Waals surface area contributed by atoms with Gasteiger partial charge in [-0.05, 0) is 25.5 Å². The van der Waals surface area contributed by atoms with Gasteiger partial charge in [-0.15, -0.1) is 0 Å². The Balaban J connectivity index is 3.27. The molecule has 0 saturated carbocycles. The van der Waals surface area contributed by atoms with Gasteiger partial charge >= 0.3 is 12.1 Å². The van der Waals surface area contributed by atoms with Crippen LogP contribution in [0.25, 0.3) is 0 Å². The second-order valence-corrected chi connectivity index (χ2v) is 4.46. The molecule has 0 amide bonds. The molecule has 100 valence electrons. The van der Waals surface area contributed by atoms with Crippen molar-refractivity contribution in [1.29, 1.82) is 0 Å². The van der Waals surface area contributed by atoms with E-state index in [9.17, 15) is 22.4 Å². The van der Waals surface area contributed by atoms with Crippen LogP contribution >= 0.6 is 0 Å². The number of carboxylic acid groups (broad SMARTS) is 1. The lowest BCUT2D eigenvalue weighted by Crippen LogP contribution is -2.30. The van der Waals surface area contributed by atoms with Gasteiger partial charge in [-0.3, -0.25) is 4.79 Å². The molecule has 2 nitrogen and oxygen atoms in total. The van der Waals surface area contributed by atoms with E-state index in [4.69, 9.17) is 5.11 Å². The summed E-state index contributed by atoms with van der Waals surface area (Å²) in [7, 11) is 0. The fourth-order valence-electron chi connectivity index (χ4n) is 1.73. The third-order valence-corrected chi connectivity index (χ3v) is 2.48. The molecule has 1 rings (SSSR count). The third kappa shape index (κ3) is 3.21. The molecule has 0 saturated heterocycles. The highest BCUT2D eigenvalue weighted by Crippen LogP contribution is 2.35. The summed E-state index contributed by atoms with van der Waals surface area (Å²) < 4.78 is 51.2. The van der Waals surface area contributed by atoms with E-state index < -0.39 is 29.3 Å². The number of hydrogen-bond donors (Lipinski definition) is 1. The minimum atomic E-state index is -4.58. The van der Waals surface area contributed by atoms with Gasteiger partial charge in [0, 0.05) is 0 Å². The molecule has 1 atom stereocenters. The summed E-state index contributed by atoms with van der Waals surface area (Å²) in [5, 5.41) is 8.93. The number of hydrogen-bond acceptors (Lipinski definition) is 1. The number of aliphatic carboxylic acids is 1. The van der Waals surface area contributed by atoms with Crippen molar-refractivity contribution in [3.63, 3.8) is 0 Å². The molecule has 1 aromatic carbocycles. The van der Waals surface area contributed by atoms with Crippen LogP contribution in [0.4, 0.5) is 17.6 Å². The summed E-state index contributed by atoms with van der Waals surface area (Å²) in [6, 6.07) is 3.73. The molecule has 0 aliphatic heterocycles. The predicted octanol–water partition coefficient (Wildman–Crippen LogP) is 3.62. The number of benzene rings is 1. The molecule has 1 unspecified atom stereocenters. The molecule has 1 N–H and O–H groups in total. The van der Waals surface area contributed by atoms with E-state index >= 15 is 0 Å². The fourth-order valence-corrected chi connectivity index (χ4v) is 1.73. The van der Waals surface area contributed by atoms with Gasteiger partial charge in [-0.2, -0.15) is 13.2 Å². The number of rotatable bonds is 3. The van der Waals surface area contributed by atoms with Crippen LogP contribution in [-0.2, 0) is 11.0 Å². The van der Waals surface area contributed by atoms with Crippen LogP contribution < -0.4 is 0 Å². The Morgan fingerprint density at radius 3 is 2.17 bits per heavy atom. The summed E-state index contributed by atoms with van der Waals surface area (Å²) in [5.41, 5.74) is -3.35. The molecule has 6 heteroatoms. The summed E-state index contributed by atoms with van der Waals surface area (Å²) in [5.74, 6) is -3.14. The van der Waals surface area contributed by atoms with Gasteiger partial charge in [0.05, 0.1) is 5.56 Å². The molecule has 0 bridgehead atoms. The molecule has 0 heterocycles.